The summed E-state index contributed by atoms with van der Waals surface area (Å²) in [6.07, 6.45) is 5.83. The van der Waals surface area contributed by atoms with Gasteiger partial charge in [0.2, 0.25) is 0 Å². The van der Waals surface area contributed by atoms with Crippen molar-refractivity contribution in [1.29, 1.82) is 0 Å². The van der Waals surface area contributed by atoms with Crippen LogP contribution in [0.5, 0.6) is 11.5 Å². The molecule has 0 aliphatic rings. The van der Waals surface area contributed by atoms with Gasteiger partial charge in [-0.3, -0.25) is 0 Å². The van der Waals surface area contributed by atoms with E-state index in [1.165, 1.54) is 0 Å². The average Bonchev–Trinajstić information content (AvgIpc) is 2.18. The van der Waals surface area contributed by atoms with Gasteiger partial charge in [0.25, 0.3) is 0 Å². The molecule has 14 heavy (non-hydrogen) atoms. The van der Waals surface area contributed by atoms with Crippen molar-refractivity contribution in [2.45, 2.75) is 19.4 Å². The van der Waals surface area contributed by atoms with Crippen molar-refractivity contribution in [3.05, 3.63) is 24.3 Å². The highest BCUT2D eigenvalue weighted by Crippen LogP contribution is 2.20. The second-order valence-electron chi connectivity index (χ2n) is 3.02. The quantitative estimate of drug-likeness (QED) is 0.679. The third-order valence-electron chi connectivity index (χ3n) is 1.78. The van der Waals surface area contributed by atoms with Crippen molar-refractivity contribution >= 4 is 0 Å². The molecule has 0 N–H and O–H groups in total. The number of terminal acetylenes is 1. The van der Waals surface area contributed by atoms with Crippen molar-refractivity contribution in [2.75, 3.05) is 7.11 Å². The van der Waals surface area contributed by atoms with E-state index in [1.807, 2.05) is 31.2 Å². The molecular weight excluding hydrogens is 176 g/mol. The molecule has 0 saturated heterocycles. The first-order valence-electron chi connectivity index (χ1n) is 4.50. The van der Waals surface area contributed by atoms with Crippen LogP contribution in [-0.4, -0.2) is 13.2 Å². The van der Waals surface area contributed by atoms with Crippen molar-refractivity contribution in [2.24, 2.45) is 0 Å². The third-order valence-corrected chi connectivity index (χ3v) is 1.78. The molecular formula is C12H14O2. The Morgan fingerprint density at radius 3 is 2.79 bits per heavy atom. The van der Waals surface area contributed by atoms with Crippen LogP contribution in [0, 0.1) is 12.3 Å². The molecule has 1 aromatic carbocycles. The molecule has 0 aliphatic heterocycles. The summed E-state index contributed by atoms with van der Waals surface area (Å²) >= 11 is 0. The summed E-state index contributed by atoms with van der Waals surface area (Å²) in [5, 5.41) is 0. The number of methoxy groups -OCH3 is 1. The molecule has 0 unspecified atom stereocenters. The Kier molecular flexibility index (Phi) is 3.87. The molecule has 0 aliphatic carbocycles. The fraction of sp³-hybridized carbons (Fsp3) is 0.333. The zero-order valence-corrected chi connectivity index (χ0v) is 8.49. The van der Waals surface area contributed by atoms with Crippen LogP contribution in [0.25, 0.3) is 0 Å². The van der Waals surface area contributed by atoms with Crippen molar-refractivity contribution in [1.82, 2.24) is 0 Å². The molecule has 74 valence electrons. The van der Waals surface area contributed by atoms with Gasteiger partial charge in [0.15, 0.2) is 0 Å². The predicted molar refractivity (Wildman–Crippen MR) is 56.5 cm³/mol. The summed E-state index contributed by atoms with van der Waals surface area (Å²) in [6.45, 7) is 1.94. The van der Waals surface area contributed by atoms with Gasteiger partial charge in [0.05, 0.1) is 7.11 Å². The van der Waals surface area contributed by atoms with E-state index in [0.29, 0.717) is 6.42 Å². The van der Waals surface area contributed by atoms with E-state index in [-0.39, 0.29) is 6.10 Å². The highest BCUT2D eigenvalue weighted by Gasteiger charge is 2.02. The monoisotopic (exact) mass is 190 g/mol. The number of hydrogen-bond acceptors (Lipinski definition) is 2. The topological polar surface area (TPSA) is 18.5 Å². The molecule has 1 aromatic rings. The molecule has 0 heterocycles. The molecule has 1 atom stereocenters. The first-order chi connectivity index (χ1) is 6.76. The highest BCUT2D eigenvalue weighted by atomic mass is 16.5. The van der Waals surface area contributed by atoms with Crippen LogP contribution < -0.4 is 9.47 Å². The van der Waals surface area contributed by atoms with E-state index in [9.17, 15) is 0 Å². The molecule has 0 radical (unpaired) electrons. The summed E-state index contributed by atoms with van der Waals surface area (Å²) in [4.78, 5) is 0. The van der Waals surface area contributed by atoms with Gasteiger partial charge in [-0.05, 0) is 19.1 Å². The van der Waals surface area contributed by atoms with E-state index < -0.39 is 0 Å². The van der Waals surface area contributed by atoms with Crippen molar-refractivity contribution in [3.8, 4) is 23.8 Å². The Morgan fingerprint density at radius 2 is 2.14 bits per heavy atom. The van der Waals surface area contributed by atoms with Gasteiger partial charge in [-0.1, -0.05) is 6.07 Å². The van der Waals surface area contributed by atoms with Gasteiger partial charge in [0, 0.05) is 12.5 Å². The van der Waals surface area contributed by atoms with Gasteiger partial charge < -0.3 is 9.47 Å². The van der Waals surface area contributed by atoms with E-state index in [4.69, 9.17) is 15.9 Å². The lowest BCUT2D eigenvalue weighted by Crippen LogP contribution is -2.10. The minimum absolute atomic E-state index is 0.0344. The van der Waals surface area contributed by atoms with Crippen LogP contribution in [0.2, 0.25) is 0 Å². The molecule has 0 fully saturated rings. The molecule has 0 amide bonds. The summed E-state index contributed by atoms with van der Waals surface area (Å²) in [5.74, 6) is 4.13. The predicted octanol–water partition coefficient (Wildman–Crippen LogP) is 2.49. The van der Waals surface area contributed by atoms with Gasteiger partial charge in [-0.25, -0.2) is 0 Å². The first kappa shape index (κ1) is 10.5. The van der Waals surface area contributed by atoms with Gasteiger partial charge in [0.1, 0.15) is 17.6 Å². The Balaban J connectivity index is 2.63. The molecule has 2 heteroatoms. The maximum absolute atomic E-state index is 5.57. The molecule has 1 rings (SSSR count). The minimum atomic E-state index is 0.0344. The number of hydrogen-bond donors (Lipinski definition) is 0. The minimum Gasteiger partial charge on any atom is -0.497 e. The Labute approximate surface area is 84.8 Å². The Morgan fingerprint density at radius 1 is 1.43 bits per heavy atom. The van der Waals surface area contributed by atoms with E-state index in [2.05, 4.69) is 5.92 Å². The highest BCUT2D eigenvalue weighted by molar-refractivity contribution is 5.32. The SMILES string of the molecule is C#CC[C@H](C)Oc1cccc(OC)c1. The standard InChI is InChI=1S/C12H14O2/c1-4-6-10(2)14-12-8-5-7-11(9-12)13-3/h1,5,7-10H,6H2,2-3H3/t10-/m0/s1. The maximum Gasteiger partial charge on any atom is 0.123 e. The van der Waals surface area contributed by atoms with Crippen LogP contribution in [0.1, 0.15) is 13.3 Å². The van der Waals surface area contributed by atoms with Crippen molar-refractivity contribution < 1.29 is 9.47 Å². The first-order valence-corrected chi connectivity index (χ1v) is 4.50. The lowest BCUT2D eigenvalue weighted by molar-refractivity contribution is 0.226. The number of rotatable bonds is 4. The van der Waals surface area contributed by atoms with E-state index in [0.717, 1.165) is 11.5 Å². The molecule has 0 bridgehead atoms. The number of ether oxygens (including phenoxy) is 2. The largest absolute Gasteiger partial charge is 0.497 e. The molecule has 0 saturated carbocycles. The second kappa shape index (κ2) is 5.18. The van der Waals surface area contributed by atoms with E-state index >= 15 is 0 Å². The lowest BCUT2D eigenvalue weighted by Gasteiger charge is -2.12. The third kappa shape index (κ3) is 3.02. The van der Waals surface area contributed by atoms with Gasteiger partial charge in [-0.15, -0.1) is 12.3 Å². The Hall–Kier alpha value is -1.62. The van der Waals surface area contributed by atoms with Crippen LogP contribution in [0.15, 0.2) is 24.3 Å². The zero-order valence-electron chi connectivity index (χ0n) is 8.49. The van der Waals surface area contributed by atoms with Crippen LogP contribution in [0.4, 0.5) is 0 Å². The Bertz CT molecular complexity index is 325. The van der Waals surface area contributed by atoms with Crippen LogP contribution in [0.3, 0.4) is 0 Å². The summed E-state index contributed by atoms with van der Waals surface area (Å²) < 4.78 is 10.7. The molecule has 0 aromatic heterocycles. The molecule has 0 spiro atoms. The van der Waals surface area contributed by atoms with Crippen LogP contribution >= 0.6 is 0 Å². The summed E-state index contributed by atoms with van der Waals surface area (Å²) in [7, 11) is 1.63. The average molecular weight is 190 g/mol. The smallest absolute Gasteiger partial charge is 0.123 e. The van der Waals surface area contributed by atoms with Gasteiger partial charge in [-0.2, -0.15) is 0 Å². The fourth-order valence-corrected chi connectivity index (χ4v) is 1.11. The van der Waals surface area contributed by atoms with Gasteiger partial charge >= 0.3 is 0 Å². The van der Waals surface area contributed by atoms with Crippen LogP contribution in [-0.2, 0) is 0 Å². The number of benzene rings is 1. The summed E-state index contributed by atoms with van der Waals surface area (Å²) in [6, 6.07) is 7.48. The van der Waals surface area contributed by atoms with E-state index in [1.54, 1.807) is 7.11 Å². The summed E-state index contributed by atoms with van der Waals surface area (Å²) in [5.41, 5.74) is 0. The second-order valence-corrected chi connectivity index (χ2v) is 3.02. The lowest BCUT2D eigenvalue weighted by atomic mass is 10.3. The maximum atomic E-state index is 5.57. The van der Waals surface area contributed by atoms with Crippen molar-refractivity contribution in [3.63, 3.8) is 0 Å². The normalized spacial score (nSPS) is 11.5. The zero-order chi connectivity index (χ0) is 10.4. The molecule has 2 nitrogen and oxygen atoms in total. The fourth-order valence-electron chi connectivity index (χ4n) is 1.11.